The third-order valence-corrected chi connectivity index (χ3v) is 2.63. The van der Waals surface area contributed by atoms with Crippen LogP contribution in [0.1, 0.15) is 5.56 Å². The van der Waals surface area contributed by atoms with Gasteiger partial charge in [0.2, 0.25) is 0 Å². The van der Waals surface area contributed by atoms with Gasteiger partial charge in [-0.25, -0.2) is 0 Å². The molecule has 1 N–H and O–H groups in total. The topological polar surface area (TPSA) is 29.5 Å². The van der Waals surface area contributed by atoms with E-state index in [4.69, 9.17) is 0 Å². The number of alkyl halides is 3. The van der Waals surface area contributed by atoms with E-state index in [1.807, 2.05) is 0 Å². The zero-order valence-corrected chi connectivity index (χ0v) is 10.0. The average Bonchev–Trinajstić information content (AvgIpc) is 2.32. The van der Waals surface area contributed by atoms with Gasteiger partial charge in [-0.3, -0.25) is 0 Å². The molecular weight excluding hydrogens is 257 g/mol. The lowest BCUT2D eigenvalue weighted by molar-refractivity contribution is -0.274. The normalized spacial score (nSPS) is 11.4. The number of hydrogen-bond donors (Lipinski definition) is 1. The third kappa shape index (κ3) is 3.40. The first kappa shape index (κ1) is 13.3. The molecule has 0 heterocycles. The van der Waals surface area contributed by atoms with Gasteiger partial charge < -0.3 is 9.84 Å². The molecule has 0 spiro atoms. The maximum absolute atomic E-state index is 12.0. The van der Waals surface area contributed by atoms with Crippen molar-refractivity contribution in [3.05, 3.63) is 48.0 Å². The van der Waals surface area contributed by atoms with Crippen LogP contribution in [0.4, 0.5) is 13.2 Å². The number of phenolic OH excluding ortho intramolecular Hbond substituents is 1. The van der Waals surface area contributed by atoms with Gasteiger partial charge in [-0.2, -0.15) is 0 Å². The van der Waals surface area contributed by atoms with Crippen molar-refractivity contribution in [1.29, 1.82) is 0 Å². The smallest absolute Gasteiger partial charge is 0.508 e. The molecule has 0 aliphatic heterocycles. The highest BCUT2D eigenvalue weighted by Crippen LogP contribution is 2.29. The van der Waals surface area contributed by atoms with Gasteiger partial charge in [-0.05, 0) is 41.8 Å². The minimum absolute atomic E-state index is 0.146. The van der Waals surface area contributed by atoms with Gasteiger partial charge in [0.25, 0.3) is 0 Å². The highest BCUT2D eigenvalue weighted by Gasteiger charge is 2.30. The number of ether oxygens (including phenoxy) is 1. The summed E-state index contributed by atoms with van der Waals surface area (Å²) in [4.78, 5) is 0. The molecule has 0 aliphatic carbocycles. The van der Waals surface area contributed by atoms with E-state index >= 15 is 0 Å². The SMILES string of the molecule is Cc1ccc(-c2ccc(OC(F)(F)F)cc2)cc1O. The lowest BCUT2D eigenvalue weighted by Gasteiger charge is -2.09. The average molecular weight is 268 g/mol. The van der Waals surface area contributed by atoms with Crippen LogP contribution in [0.2, 0.25) is 0 Å². The van der Waals surface area contributed by atoms with E-state index in [-0.39, 0.29) is 11.5 Å². The maximum atomic E-state index is 12.0. The van der Waals surface area contributed by atoms with Gasteiger partial charge in [-0.15, -0.1) is 13.2 Å². The minimum Gasteiger partial charge on any atom is -0.508 e. The number of rotatable bonds is 2. The van der Waals surface area contributed by atoms with E-state index in [2.05, 4.69) is 4.74 Å². The molecule has 0 amide bonds. The summed E-state index contributed by atoms with van der Waals surface area (Å²) >= 11 is 0. The predicted octanol–water partition coefficient (Wildman–Crippen LogP) is 4.27. The molecule has 0 unspecified atom stereocenters. The highest BCUT2D eigenvalue weighted by molar-refractivity contribution is 5.66. The van der Waals surface area contributed by atoms with E-state index in [9.17, 15) is 18.3 Å². The molecule has 5 heteroatoms. The molecule has 0 bridgehead atoms. The number of benzene rings is 2. The van der Waals surface area contributed by atoms with Crippen LogP contribution >= 0.6 is 0 Å². The summed E-state index contributed by atoms with van der Waals surface area (Å²) in [5.74, 6) is -0.124. The van der Waals surface area contributed by atoms with Gasteiger partial charge in [0.1, 0.15) is 11.5 Å². The molecule has 100 valence electrons. The molecule has 2 aromatic carbocycles. The van der Waals surface area contributed by atoms with Crippen molar-refractivity contribution in [2.45, 2.75) is 13.3 Å². The fraction of sp³-hybridized carbons (Fsp3) is 0.143. The van der Waals surface area contributed by atoms with Crippen molar-refractivity contribution in [3.63, 3.8) is 0 Å². The van der Waals surface area contributed by atoms with Crippen LogP contribution in [0.3, 0.4) is 0 Å². The molecule has 0 atom stereocenters. The maximum Gasteiger partial charge on any atom is 0.573 e. The zero-order chi connectivity index (χ0) is 14.0. The summed E-state index contributed by atoms with van der Waals surface area (Å²) in [6, 6.07) is 10.6. The Labute approximate surface area is 108 Å². The lowest BCUT2D eigenvalue weighted by atomic mass is 10.0. The summed E-state index contributed by atoms with van der Waals surface area (Å²) in [6.45, 7) is 1.76. The molecule has 19 heavy (non-hydrogen) atoms. The van der Waals surface area contributed by atoms with Crippen molar-refractivity contribution in [3.8, 4) is 22.6 Å². The second-order valence-electron chi connectivity index (χ2n) is 4.07. The Hall–Kier alpha value is -2.17. The molecule has 0 aliphatic rings. The van der Waals surface area contributed by atoms with Crippen LogP contribution < -0.4 is 4.74 Å². The molecule has 2 nitrogen and oxygen atoms in total. The molecule has 2 aromatic rings. The summed E-state index contributed by atoms with van der Waals surface area (Å²) in [6.07, 6.45) is -4.69. The number of phenols is 1. The second-order valence-corrected chi connectivity index (χ2v) is 4.07. The van der Waals surface area contributed by atoms with Gasteiger partial charge in [0, 0.05) is 0 Å². The Bertz CT molecular complexity index is 574. The van der Waals surface area contributed by atoms with E-state index < -0.39 is 6.36 Å². The molecule has 0 saturated heterocycles. The fourth-order valence-corrected chi connectivity index (χ4v) is 1.64. The van der Waals surface area contributed by atoms with Gasteiger partial charge in [-0.1, -0.05) is 24.3 Å². The Morgan fingerprint density at radius 1 is 0.947 bits per heavy atom. The number of hydrogen-bond acceptors (Lipinski definition) is 2. The quantitative estimate of drug-likeness (QED) is 0.881. The van der Waals surface area contributed by atoms with Crippen LogP contribution in [0.25, 0.3) is 11.1 Å². The van der Waals surface area contributed by atoms with Crippen molar-refractivity contribution in [2.24, 2.45) is 0 Å². The second kappa shape index (κ2) is 4.84. The first-order valence-corrected chi connectivity index (χ1v) is 5.51. The summed E-state index contributed by atoms with van der Waals surface area (Å²) in [5.41, 5.74) is 2.16. The lowest BCUT2D eigenvalue weighted by Crippen LogP contribution is -2.16. The molecular formula is C14H11F3O2. The zero-order valence-electron chi connectivity index (χ0n) is 10.0. The first-order valence-electron chi connectivity index (χ1n) is 5.51. The Morgan fingerprint density at radius 2 is 1.53 bits per heavy atom. The minimum atomic E-state index is -4.69. The fourth-order valence-electron chi connectivity index (χ4n) is 1.64. The Morgan fingerprint density at radius 3 is 2.05 bits per heavy atom. The number of halogens is 3. The predicted molar refractivity (Wildman–Crippen MR) is 65.0 cm³/mol. The molecule has 0 fully saturated rings. The molecule has 2 rings (SSSR count). The van der Waals surface area contributed by atoms with Gasteiger partial charge in [0.05, 0.1) is 0 Å². The van der Waals surface area contributed by atoms with Crippen LogP contribution in [-0.2, 0) is 0 Å². The van der Waals surface area contributed by atoms with Crippen molar-refractivity contribution in [1.82, 2.24) is 0 Å². The van der Waals surface area contributed by atoms with Crippen LogP contribution in [0, 0.1) is 6.92 Å². The molecule has 0 aromatic heterocycles. The van der Waals surface area contributed by atoms with E-state index in [1.54, 1.807) is 25.1 Å². The van der Waals surface area contributed by atoms with E-state index in [0.717, 1.165) is 11.1 Å². The first-order chi connectivity index (χ1) is 8.85. The monoisotopic (exact) mass is 268 g/mol. The van der Waals surface area contributed by atoms with Gasteiger partial charge >= 0.3 is 6.36 Å². The number of aromatic hydroxyl groups is 1. The highest BCUT2D eigenvalue weighted by atomic mass is 19.4. The van der Waals surface area contributed by atoms with Crippen LogP contribution in [-0.4, -0.2) is 11.5 Å². The van der Waals surface area contributed by atoms with Crippen molar-refractivity contribution < 1.29 is 23.0 Å². The largest absolute Gasteiger partial charge is 0.573 e. The Kier molecular flexibility index (Phi) is 3.38. The third-order valence-electron chi connectivity index (χ3n) is 2.63. The molecule has 0 saturated carbocycles. The van der Waals surface area contributed by atoms with Gasteiger partial charge in [0.15, 0.2) is 0 Å². The van der Waals surface area contributed by atoms with Crippen LogP contribution in [0.5, 0.6) is 11.5 Å². The summed E-state index contributed by atoms with van der Waals surface area (Å²) in [5, 5.41) is 9.60. The van der Waals surface area contributed by atoms with E-state index in [0.29, 0.717) is 5.56 Å². The van der Waals surface area contributed by atoms with E-state index in [1.165, 1.54) is 24.3 Å². The summed E-state index contributed by atoms with van der Waals surface area (Å²) in [7, 11) is 0. The summed E-state index contributed by atoms with van der Waals surface area (Å²) < 4.78 is 39.8. The van der Waals surface area contributed by atoms with Crippen molar-refractivity contribution in [2.75, 3.05) is 0 Å². The molecule has 0 radical (unpaired) electrons. The standard InChI is InChI=1S/C14H11F3O2/c1-9-2-3-11(8-13(9)18)10-4-6-12(7-5-10)19-14(15,16)17/h2-8,18H,1H3. The number of aryl methyl sites for hydroxylation is 1. The van der Waals surface area contributed by atoms with Crippen molar-refractivity contribution >= 4 is 0 Å². The van der Waals surface area contributed by atoms with Crippen LogP contribution in [0.15, 0.2) is 42.5 Å². The Balaban J connectivity index is 2.25.